The quantitative estimate of drug-likeness (QED) is 0.896. The summed E-state index contributed by atoms with van der Waals surface area (Å²) in [7, 11) is 1.51. The molecule has 0 atom stereocenters. The molecule has 2 rings (SSSR count). The van der Waals surface area contributed by atoms with Gasteiger partial charge >= 0.3 is 5.97 Å². The van der Waals surface area contributed by atoms with Crippen LogP contribution in [0.4, 0.5) is 8.78 Å². The van der Waals surface area contributed by atoms with Gasteiger partial charge in [0.15, 0.2) is 5.69 Å². The number of halogens is 2. The molecule has 1 heterocycles. The minimum atomic E-state index is -2.81. The number of hydrogen-bond acceptors (Lipinski definition) is 3. The molecule has 0 saturated heterocycles. The van der Waals surface area contributed by atoms with Gasteiger partial charge in [-0.2, -0.15) is 5.10 Å². The van der Waals surface area contributed by atoms with E-state index in [9.17, 15) is 18.7 Å². The standard InChI is InChI=1S/C12H10F2N2O3/c1-16-9(5-8(15-16)12(18)19)6-2-3-10(17)7(4-6)11(13)14/h2-5,11,17H,1H3,(H,18,19). The number of alkyl halides is 2. The maximum absolute atomic E-state index is 12.7. The van der Waals surface area contributed by atoms with Crippen LogP contribution >= 0.6 is 0 Å². The Labute approximate surface area is 106 Å². The molecular formula is C12H10F2N2O3. The van der Waals surface area contributed by atoms with Crippen molar-refractivity contribution in [1.82, 2.24) is 9.78 Å². The van der Waals surface area contributed by atoms with Crippen molar-refractivity contribution in [2.75, 3.05) is 0 Å². The van der Waals surface area contributed by atoms with Crippen LogP contribution in [-0.4, -0.2) is 26.0 Å². The van der Waals surface area contributed by atoms with Crippen LogP contribution in [-0.2, 0) is 7.05 Å². The summed E-state index contributed by atoms with van der Waals surface area (Å²) in [6, 6.07) is 4.96. The van der Waals surface area contributed by atoms with Crippen molar-refractivity contribution in [3.8, 4) is 17.0 Å². The van der Waals surface area contributed by atoms with Crippen LogP contribution in [0, 0.1) is 0 Å². The lowest BCUT2D eigenvalue weighted by atomic mass is 10.1. The van der Waals surface area contributed by atoms with Gasteiger partial charge in [-0.15, -0.1) is 0 Å². The Hall–Kier alpha value is -2.44. The van der Waals surface area contributed by atoms with E-state index in [4.69, 9.17) is 5.11 Å². The lowest BCUT2D eigenvalue weighted by Crippen LogP contribution is -1.99. The first kappa shape index (κ1) is 13.0. The van der Waals surface area contributed by atoms with E-state index in [0.717, 1.165) is 12.1 Å². The molecule has 0 aliphatic carbocycles. The van der Waals surface area contributed by atoms with Gasteiger partial charge in [0, 0.05) is 12.6 Å². The molecule has 7 heteroatoms. The van der Waals surface area contributed by atoms with Crippen LogP contribution in [0.1, 0.15) is 22.5 Å². The van der Waals surface area contributed by atoms with E-state index < -0.39 is 23.7 Å². The highest BCUT2D eigenvalue weighted by Crippen LogP contribution is 2.32. The number of hydrogen-bond donors (Lipinski definition) is 2. The van der Waals surface area contributed by atoms with E-state index in [1.54, 1.807) is 0 Å². The van der Waals surface area contributed by atoms with Crippen LogP contribution < -0.4 is 0 Å². The maximum atomic E-state index is 12.7. The molecule has 100 valence electrons. The van der Waals surface area contributed by atoms with Gasteiger partial charge < -0.3 is 10.2 Å². The fraction of sp³-hybridized carbons (Fsp3) is 0.167. The third kappa shape index (κ3) is 2.40. The molecule has 0 bridgehead atoms. The number of aromatic carboxylic acids is 1. The van der Waals surface area contributed by atoms with Crippen molar-refractivity contribution in [2.45, 2.75) is 6.43 Å². The number of nitrogens with zero attached hydrogens (tertiary/aromatic N) is 2. The van der Waals surface area contributed by atoms with Crippen molar-refractivity contribution in [3.05, 3.63) is 35.5 Å². The van der Waals surface area contributed by atoms with Gasteiger partial charge in [-0.1, -0.05) is 0 Å². The third-order valence-electron chi connectivity index (χ3n) is 2.66. The molecule has 0 spiro atoms. The zero-order valence-corrected chi connectivity index (χ0v) is 9.84. The monoisotopic (exact) mass is 268 g/mol. The molecule has 0 saturated carbocycles. The van der Waals surface area contributed by atoms with Crippen molar-refractivity contribution in [3.63, 3.8) is 0 Å². The molecule has 1 aromatic heterocycles. The van der Waals surface area contributed by atoms with Crippen molar-refractivity contribution in [1.29, 1.82) is 0 Å². The number of carbonyl (C=O) groups is 1. The average Bonchev–Trinajstić information content (AvgIpc) is 2.72. The highest BCUT2D eigenvalue weighted by molar-refractivity contribution is 5.87. The van der Waals surface area contributed by atoms with Gasteiger partial charge in [0.05, 0.1) is 11.3 Å². The molecule has 0 radical (unpaired) electrons. The molecule has 0 aliphatic heterocycles. The summed E-state index contributed by atoms with van der Waals surface area (Å²) < 4.78 is 26.6. The van der Waals surface area contributed by atoms with E-state index in [2.05, 4.69) is 5.10 Å². The smallest absolute Gasteiger partial charge is 0.356 e. The third-order valence-corrected chi connectivity index (χ3v) is 2.66. The van der Waals surface area contributed by atoms with E-state index in [1.165, 1.54) is 23.9 Å². The average molecular weight is 268 g/mol. The number of carboxylic acids is 1. The Morgan fingerprint density at radius 1 is 1.37 bits per heavy atom. The largest absolute Gasteiger partial charge is 0.507 e. The summed E-state index contributed by atoms with van der Waals surface area (Å²) in [5.74, 6) is -1.70. The highest BCUT2D eigenvalue weighted by atomic mass is 19.3. The predicted octanol–water partition coefficient (Wildman–Crippen LogP) is 2.43. The first-order chi connectivity index (χ1) is 8.90. The number of benzene rings is 1. The fourth-order valence-electron chi connectivity index (χ4n) is 1.73. The number of carboxylic acid groups (broad SMARTS) is 1. The number of aryl methyl sites for hydroxylation is 1. The van der Waals surface area contributed by atoms with Gasteiger partial charge in [-0.25, -0.2) is 13.6 Å². The highest BCUT2D eigenvalue weighted by Gasteiger charge is 2.17. The molecule has 0 unspecified atom stereocenters. The number of rotatable bonds is 3. The summed E-state index contributed by atoms with van der Waals surface area (Å²) in [6.07, 6.45) is -2.81. The van der Waals surface area contributed by atoms with Crippen LogP contribution in [0.3, 0.4) is 0 Å². The molecule has 5 nitrogen and oxygen atoms in total. The zero-order chi connectivity index (χ0) is 14.2. The summed E-state index contributed by atoms with van der Waals surface area (Å²) in [5.41, 5.74) is 0.0506. The Morgan fingerprint density at radius 3 is 2.58 bits per heavy atom. The first-order valence-corrected chi connectivity index (χ1v) is 5.29. The van der Waals surface area contributed by atoms with Crippen LogP contribution in [0.15, 0.2) is 24.3 Å². The van der Waals surface area contributed by atoms with Crippen molar-refractivity contribution in [2.24, 2.45) is 7.05 Å². The second-order valence-corrected chi connectivity index (χ2v) is 3.92. The predicted molar refractivity (Wildman–Crippen MR) is 62.2 cm³/mol. The Morgan fingerprint density at radius 2 is 2.05 bits per heavy atom. The number of phenolic OH excluding ortho intramolecular Hbond substituents is 1. The number of aromatic nitrogens is 2. The maximum Gasteiger partial charge on any atom is 0.356 e. The Bertz CT molecular complexity index is 638. The SMILES string of the molecule is Cn1nc(C(=O)O)cc1-c1ccc(O)c(C(F)F)c1. The lowest BCUT2D eigenvalue weighted by Gasteiger charge is -2.07. The summed E-state index contributed by atoms with van der Waals surface area (Å²) in [4.78, 5) is 10.8. The molecule has 2 N–H and O–H groups in total. The summed E-state index contributed by atoms with van der Waals surface area (Å²) in [5, 5.41) is 21.9. The Balaban J connectivity index is 2.53. The minimum absolute atomic E-state index is 0.177. The molecule has 0 fully saturated rings. The number of phenols is 1. The molecule has 0 aliphatic rings. The minimum Gasteiger partial charge on any atom is -0.507 e. The van der Waals surface area contributed by atoms with Crippen LogP contribution in [0.2, 0.25) is 0 Å². The second-order valence-electron chi connectivity index (χ2n) is 3.92. The van der Waals surface area contributed by atoms with Gasteiger partial charge in [0.25, 0.3) is 6.43 Å². The van der Waals surface area contributed by atoms with E-state index >= 15 is 0 Å². The summed E-state index contributed by atoms with van der Waals surface area (Å²) in [6.45, 7) is 0. The fourth-order valence-corrected chi connectivity index (χ4v) is 1.73. The number of aromatic hydroxyl groups is 1. The zero-order valence-electron chi connectivity index (χ0n) is 9.84. The van der Waals surface area contributed by atoms with Crippen LogP contribution in [0.25, 0.3) is 11.3 Å². The second kappa shape index (κ2) is 4.68. The Kier molecular flexibility index (Phi) is 3.20. The molecule has 19 heavy (non-hydrogen) atoms. The van der Waals surface area contributed by atoms with Gasteiger partial charge in [-0.3, -0.25) is 4.68 Å². The molecule has 0 amide bonds. The van der Waals surface area contributed by atoms with Gasteiger partial charge in [0.2, 0.25) is 0 Å². The normalized spacial score (nSPS) is 10.9. The van der Waals surface area contributed by atoms with Gasteiger partial charge in [-0.05, 0) is 24.3 Å². The summed E-state index contributed by atoms with van der Waals surface area (Å²) >= 11 is 0. The lowest BCUT2D eigenvalue weighted by molar-refractivity contribution is 0.0689. The van der Waals surface area contributed by atoms with Crippen molar-refractivity contribution >= 4 is 5.97 Å². The van der Waals surface area contributed by atoms with Gasteiger partial charge in [0.1, 0.15) is 5.75 Å². The van der Waals surface area contributed by atoms with Crippen LogP contribution in [0.5, 0.6) is 5.75 Å². The first-order valence-electron chi connectivity index (χ1n) is 5.29. The van der Waals surface area contributed by atoms with Crippen molar-refractivity contribution < 1.29 is 23.8 Å². The molecule has 2 aromatic rings. The van der Waals surface area contributed by atoms with E-state index in [-0.39, 0.29) is 5.69 Å². The van der Waals surface area contributed by atoms with E-state index in [1.807, 2.05) is 0 Å². The molecule has 1 aromatic carbocycles. The van der Waals surface area contributed by atoms with E-state index in [0.29, 0.717) is 11.3 Å². The topological polar surface area (TPSA) is 75.4 Å². The molecular weight excluding hydrogens is 258 g/mol.